The first-order chi connectivity index (χ1) is 20.1. The highest BCUT2D eigenvalue weighted by Gasteiger charge is 2.66. The summed E-state index contributed by atoms with van der Waals surface area (Å²) in [6.07, 6.45) is 10.3. The van der Waals surface area contributed by atoms with Crippen LogP contribution in [0, 0.1) is 46.3 Å². The van der Waals surface area contributed by atoms with E-state index in [1.165, 1.54) is 12.5 Å². The number of ether oxygens (including phenoxy) is 3. The van der Waals surface area contributed by atoms with E-state index < -0.39 is 0 Å². The Morgan fingerprint density at radius 3 is 2.57 bits per heavy atom. The van der Waals surface area contributed by atoms with Gasteiger partial charge in [0.2, 0.25) is 0 Å². The molecular weight excluding hydrogens is 528 g/mol. The van der Waals surface area contributed by atoms with Crippen LogP contribution in [0.1, 0.15) is 96.3 Å². The van der Waals surface area contributed by atoms with Crippen LogP contribution >= 0.6 is 0 Å². The van der Waals surface area contributed by atoms with Gasteiger partial charge < -0.3 is 19.3 Å². The molecule has 0 unspecified atom stereocenters. The smallest absolute Gasteiger partial charge is 0.338 e. The predicted molar refractivity (Wildman–Crippen MR) is 160 cm³/mol. The minimum absolute atomic E-state index is 0.0162. The summed E-state index contributed by atoms with van der Waals surface area (Å²) in [6, 6.07) is 9.41. The van der Waals surface area contributed by atoms with Gasteiger partial charge in [0.05, 0.1) is 17.8 Å². The molecule has 3 saturated carbocycles. The van der Waals surface area contributed by atoms with E-state index in [0.717, 1.165) is 51.4 Å². The summed E-state index contributed by atoms with van der Waals surface area (Å²) in [7, 11) is 0. The second kappa shape index (κ2) is 11.4. The minimum atomic E-state index is -0.273. The molecule has 0 aromatic heterocycles. The van der Waals surface area contributed by atoms with Crippen molar-refractivity contribution in [3.63, 3.8) is 0 Å². The molecular formula is C36H50O6. The average Bonchev–Trinajstić information content (AvgIpc) is 3.45. The lowest BCUT2D eigenvalue weighted by molar-refractivity contribution is -0.158. The molecule has 5 aliphatic rings. The third kappa shape index (κ3) is 4.95. The van der Waals surface area contributed by atoms with Crippen LogP contribution < -0.4 is 0 Å². The van der Waals surface area contributed by atoms with Gasteiger partial charge in [-0.1, -0.05) is 57.5 Å². The molecule has 6 heteroatoms. The van der Waals surface area contributed by atoms with Gasteiger partial charge in [-0.15, -0.1) is 0 Å². The lowest BCUT2D eigenvalue weighted by atomic mass is 9.45. The fourth-order valence-electron chi connectivity index (χ4n) is 10.2. The van der Waals surface area contributed by atoms with Gasteiger partial charge in [0.1, 0.15) is 12.2 Å². The normalized spacial score (nSPS) is 42.8. The fourth-order valence-corrected chi connectivity index (χ4v) is 10.2. The molecule has 1 N–H and O–H groups in total. The summed E-state index contributed by atoms with van der Waals surface area (Å²) in [6.45, 7) is 11.0. The first kappa shape index (κ1) is 29.9. The third-order valence-electron chi connectivity index (χ3n) is 12.5. The van der Waals surface area contributed by atoms with Crippen molar-refractivity contribution in [3.8, 4) is 0 Å². The van der Waals surface area contributed by atoms with E-state index in [2.05, 4.69) is 33.8 Å². The molecule has 1 aliphatic heterocycles. The summed E-state index contributed by atoms with van der Waals surface area (Å²) < 4.78 is 19.1. The van der Waals surface area contributed by atoms with Gasteiger partial charge in [0.25, 0.3) is 0 Å². The summed E-state index contributed by atoms with van der Waals surface area (Å²) >= 11 is 0. The van der Waals surface area contributed by atoms with Gasteiger partial charge in [-0.25, -0.2) is 4.79 Å². The molecule has 230 valence electrons. The maximum Gasteiger partial charge on any atom is 0.338 e. The van der Waals surface area contributed by atoms with Crippen LogP contribution in [-0.2, 0) is 19.0 Å². The van der Waals surface area contributed by atoms with Crippen LogP contribution in [0.2, 0.25) is 0 Å². The molecule has 4 fully saturated rings. The molecule has 1 aromatic rings. The Hall–Kier alpha value is -2.18. The zero-order valence-corrected chi connectivity index (χ0v) is 26.1. The van der Waals surface area contributed by atoms with Crippen LogP contribution in [0.15, 0.2) is 42.0 Å². The molecule has 0 bridgehead atoms. The lowest BCUT2D eigenvalue weighted by Crippen LogP contribution is -2.57. The Kier molecular flexibility index (Phi) is 8.10. The monoisotopic (exact) mass is 578 g/mol. The Bertz CT molecular complexity index is 1190. The highest BCUT2D eigenvalue weighted by Crippen LogP contribution is 2.68. The average molecular weight is 579 g/mol. The van der Waals surface area contributed by atoms with Gasteiger partial charge in [0.15, 0.2) is 0 Å². The topological polar surface area (TPSA) is 82.1 Å². The van der Waals surface area contributed by atoms with Gasteiger partial charge in [-0.3, -0.25) is 4.79 Å². The van der Waals surface area contributed by atoms with Crippen molar-refractivity contribution in [3.05, 3.63) is 47.5 Å². The molecule has 0 radical (unpaired) electrons. The molecule has 0 amide bonds. The maximum absolute atomic E-state index is 13.6. The van der Waals surface area contributed by atoms with Crippen molar-refractivity contribution >= 4 is 11.9 Å². The number of hydrogen-bond acceptors (Lipinski definition) is 6. The molecule has 1 saturated heterocycles. The summed E-state index contributed by atoms with van der Waals surface area (Å²) in [5, 5.41) is 9.59. The zero-order chi connectivity index (χ0) is 29.8. The zero-order valence-electron chi connectivity index (χ0n) is 26.1. The number of benzene rings is 1. The number of carbonyl (C=O) groups excluding carboxylic acids is 2. The van der Waals surface area contributed by atoms with Crippen LogP contribution in [0.3, 0.4) is 0 Å². The van der Waals surface area contributed by atoms with E-state index in [0.29, 0.717) is 29.2 Å². The number of fused-ring (bicyclic) bond motifs is 7. The Morgan fingerprint density at radius 2 is 1.86 bits per heavy atom. The molecule has 12 atom stereocenters. The Balaban J connectivity index is 1.32. The first-order valence-electron chi connectivity index (χ1n) is 16.5. The Labute approximate surface area is 251 Å². The van der Waals surface area contributed by atoms with E-state index >= 15 is 0 Å². The number of aliphatic hydroxyl groups is 1. The molecule has 0 spiro atoms. The van der Waals surface area contributed by atoms with E-state index in [1.807, 2.05) is 30.3 Å². The molecule has 1 heterocycles. The van der Waals surface area contributed by atoms with Gasteiger partial charge in [-0.05, 0) is 98.5 Å². The number of rotatable bonds is 7. The molecule has 6 nitrogen and oxygen atoms in total. The fraction of sp³-hybridized carbons (Fsp3) is 0.722. The van der Waals surface area contributed by atoms with Gasteiger partial charge in [-0.2, -0.15) is 0 Å². The minimum Gasteiger partial charge on any atom is -0.463 e. The molecule has 1 aromatic carbocycles. The van der Waals surface area contributed by atoms with E-state index in [4.69, 9.17) is 14.2 Å². The number of carbonyl (C=O) groups is 2. The van der Waals surface area contributed by atoms with Crippen LogP contribution in [-0.4, -0.2) is 48.1 Å². The standard InChI is InChI=1S/C36H50O6/c1-21(20-37)11-14-30-22(2)33-31(41-30)18-29-27-13-12-25-17-26(40-23(3)38)15-16-35(25,4)28(27)19-32(36(29,33)5)42-34(39)24-9-7-6-8-10-24/h6-10,18,21-22,25-28,30-33,37H,11-17,19-20H2,1-5H3/t21-,22-,25+,26+,27-,28+,30-,31+,32+,33+,35+,36-/m1/s1. The van der Waals surface area contributed by atoms with Crippen molar-refractivity contribution < 1.29 is 28.9 Å². The van der Waals surface area contributed by atoms with Gasteiger partial charge in [0, 0.05) is 24.9 Å². The maximum atomic E-state index is 13.6. The summed E-state index contributed by atoms with van der Waals surface area (Å²) in [4.78, 5) is 25.4. The number of hydrogen-bond donors (Lipinski definition) is 1. The number of esters is 2. The summed E-state index contributed by atoms with van der Waals surface area (Å²) in [5.74, 6) is 1.83. The van der Waals surface area contributed by atoms with E-state index in [-0.39, 0.29) is 65.6 Å². The van der Waals surface area contributed by atoms with Crippen molar-refractivity contribution in [1.82, 2.24) is 0 Å². The lowest BCUT2D eigenvalue weighted by Gasteiger charge is -2.61. The highest BCUT2D eigenvalue weighted by atomic mass is 16.5. The second-order valence-electron chi connectivity index (χ2n) is 14.8. The van der Waals surface area contributed by atoms with Crippen molar-refractivity contribution in [1.29, 1.82) is 0 Å². The third-order valence-corrected chi connectivity index (χ3v) is 12.5. The number of aliphatic hydroxyl groups excluding tert-OH is 1. The molecule has 6 rings (SSSR count). The second-order valence-corrected chi connectivity index (χ2v) is 14.8. The van der Waals surface area contributed by atoms with Crippen molar-refractivity contribution in [2.24, 2.45) is 46.3 Å². The largest absolute Gasteiger partial charge is 0.463 e. The van der Waals surface area contributed by atoms with E-state index in [1.54, 1.807) is 0 Å². The predicted octanol–water partition coefficient (Wildman–Crippen LogP) is 6.75. The summed E-state index contributed by atoms with van der Waals surface area (Å²) in [5.41, 5.74) is 1.91. The van der Waals surface area contributed by atoms with Crippen LogP contribution in [0.4, 0.5) is 0 Å². The van der Waals surface area contributed by atoms with Crippen LogP contribution in [0.5, 0.6) is 0 Å². The SMILES string of the molecule is CC(=O)O[C@H]1CC[C@@]2(C)[C@@H](CC[C@H]3C4=C[C@@H]5O[C@H](CC[C@@H](C)CO)[C@@H](C)[C@@H]5[C@@]4(C)[C@@H](OC(=O)c4ccccc4)C[C@@H]32)C1. The van der Waals surface area contributed by atoms with E-state index in [9.17, 15) is 14.7 Å². The molecule has 42 heavy (non-hydrogen) atoms. The first-order valence-corrected chi connectivity index (χ1v) is 16.5. The van der Waals surface area contributed by atoms with Crippen LogP contribution in [0.25, 0.3) is 0 Å². The van der Waals surface area contributed by atoms with Crippen molar-refractivity contribution in [2.45, 2.75) is 110 Å². The highest BCUT2D eigenvalue weighted by molar-refractivity contribution is 5.89. The van der Waals surface area contributed by atoms with Gasteiger partial charge >= 0.3 is 11.9 Å². The van der Waals surface area contributed by atoms with Crippen molar-refractivity contribution in [2.75, 3.05) is 6.61 Å². The quantitative estimate of drug-likeness (QED) is 0.285. The Morgan fingerprint density at radius 1 is 1.10 bits per heavy atom. The molecule has 4 aliphatic carbocycles.